The van der Waals surface area contributed by atoms with Gasteiger partial charge in [-0.2, -0.15) is 0 Å². The molecule has 1 atom stereocenters. The lowest BCUT2D eigenvalue weighted by atomic mass is 10.1. The van der Waals surface area contributed by atoms with Gasteiger partial charge >= 0.3 is 12.2 Å². The van der Waals surface area contributed by atoms with Crippen LogP contribution in [0.1, 0.15) is 47.5 Å². The van der Waals surface area contributed by atoms with Crippen LogP contribution in [0.15, 0.2) is 0 Å². The smallest absolute Gasteiger partial charge is 0.410 e. The first-order valence-electron chi connectivity index (χ1n) is 9.78. The van der Waals surface area contributed by atoms with Crippen LogP contribution in [0, 0.1) is 5.92 Å². The fourth-order valence-electron chi connectivity index (χ4n) is 3.21. The summed E-state index contributed by atoms with van der Waals surface area (Å²) in [6.07, 6.45) is 0.674. The Kier molecular flexibility index (Phi) is 6.95. The molecule has 2 aliphatic heterocycles. The van der Waals surface area contributed by atoms with E-state index < -0.39 is 17.7 Å². The lowest BCUT2D eigenvalue weighted by Crippen LogP contribution is -2.55. The second-order valence-electron chi connectivity index (χ2n) is 8.61. The van der Waals surface area contributed by atoms with Gasteiger partial charge in [0.15, 0.2) is 0 Å². The van der Waals surface area contributed by atoms with Gasteiger partial charge < -0.3 is 19.3 Å². The van der Waals surface area contributed by atoms with Crippen molar-refractivity contribution in [2.75, 3.05) is 39.3 Å². The number of carbonyl (C=O) groups is 3. The lowest BCUT2D eigenvalue weighted by Gasteiger charge is -2.37. The third kappa shape index (κ3) is 6.01. The molecule has 2 rings (SSSR count). The van der Waals surface area contributed by atoms with E-state index in [1.165, 1.54) is 4.90 Å². The molecule has 3 amide bonds. The minimum absolute atomic E-state index is 0.0615. The maximum Gasteiger partial charge on any atom is 0.410 e. The number of hydrogen-bond acceptors (Lipinski definition) is 5. The molecular weight excluding hydrogens is 350 g/mol. The molecule has 2 aliphatic rings. The zero-order valence-corrected chi connectivity index (χ0v) is 17.2. The summed E-state index contributed by atoms with van der Waals surface area (Å²) in [6, 6.07) is -0.473. The molecule has 8 nitrogen and oxygen atoms in total. The molecular formula is C19H33N3O5. The van der Waals surface area contributed by atoms with Crippen LogP contribution in [0.2, 0.25) is 0 Å². The van der Waals surface area contributed by atoms with Gasteiger partial charge in [-0.15, -0.1) is 0 Å². The molecule has 0 saturated carbocycles. The highest BCUT2D eigenvalue weighted by atomic mass is 16.6. The minimum Gasteiger partial charge on any atom is -0.449 e. The molecule has 0 aromatic rings. The first-order chi connectivity index (χ1) is 12.6. The van der Waals surface area contributed by atoms with Crippen molar-refractivity contribution in [1.29, 1.82) is 0 Å². The number of rotatable bonds is 3. The molecule has 0 N–H and O–H groups in total. The highest BCUT2D eigenvalue weighted by molar-refractivity contribution is 5.86. The number of likely N-dealkylation sites (tertiary alicyclic amines) is 1. The van der Waals surface area contributed by atoms with Crippen molar-refractivity contribution in [3.8, 4) is 0 Å². The van der Waals surface area contributed by atoms with E-state index in [9.17, 15) is 14.4 Å². The average Bonchev–Trinajstić information content (AvgIpc) is 3.07. The van der Waals surface area contributed by atoms with Crippen LogP contribution in [0.25, 0.3) is 0 Å². The summed E-state index contributed by atoms with van der Waals surface area (Å²) in [6.45, 7) is 12.1. The van der Waals surface area contributed by atoms with Gasteiger partial charge in [0.2, 0.25) is 5.91 Å². The van der Waals surface area contributed by atoms with Gasteiger partial charge in [0, 0.05) is 32.7 Å². The summed E-state index contributed by atoms with van der Waals surface area (Å²) in [4.78, 5) is 42.3. The Morgan fingerprint density at radius 3 is 2.11 bits per heavy atom. The third-order valence-electron chi connectivity index (χ3n) is 4.56. The summed E-state index contributed by atoms with van der Waals surface area (Å²) in [5.41, 5.74) is -0.588. The molecule has 2 saturated heterocycles. The van der Waals surface area contributed by atoms with E-state index in [1.54, 1.807) is 9.80 Å². The first kappa shape index (κ1) is 21.3. The van der Waals surface area contributed by atoms with Gasteiger partial charge in [-0.1, -0.05) is 13.8 Å². The molecule has 27 heavy (non-hydrogen) atoms. The quantitative estimate of drug-likeness (QED) is 0.747. The Labute approximate surface area is 161 Å². The van der Waals surface area contributed by atoms with E-state index in [0.29, 0.717) is 45.8 Å². The van der Waals surface area contributed by atoms with Gasteiger partial charge in [-0.25, -0.2) is 9.59 Å². The molecule has 1 unspecified atom stereocenters. The molecule has 8 heteroatoms. The second kappa shape index (κ2) is 8.80. The highest BCUT2D eigenvalue weighted by Crippen LogP contribution is 2.23. The molecule has 0 aromatic heterocycles. The molecule has 2 heterocycles. The van der Waals surface area contributed by atoms with Crippen LogP contribution < -0.4 is 0 Å². The van der Waals surface area contributed by atoms with Gasteiger partial charge in [-0.05, 0) is 39.5 Å². The van der Waals surface area contributed by atoms with E-state index in [4.69, 9.17) is 9.47 Å². The number of nitrogens with zero attached hydrogens (tertiary/aromatic N) is 3. The predicted octanol–water partition coefficient (Wildman–Crippen LogP) is 2.32. The summed E-state index contributed by atoms with van der Waals surface area (Å²) >= 11 is 0. The SMILES string of the molecule is CC(C)COC(=O)N1CCN(C(=O)C2CCCN2C(=O)OC(C)(C)C)CC1. The Hall–Kier alpha value is -1.99. The zero-order valence-electron chi connectivity index (χ0n) is 17.2. The van der Waals surface area contributed by atoms with Crippen LogP contribution in [0.3, 0.4) is 0 Å². The second-order valence-corrected chi connectivity index (χ2v) is 8.61. The molecule has 2 fully saturated rings. The molecule has 0 aliphatic carbocycles. The van der Waals surface area contributed by atoms with Gasteiger partial charge in [0.1, 0.15) is 11.6 Å². The summed E-state index contributed by atoms with van der Waals surface area (Å²) in [7, 11) is 0. The zero-order chi connectivity index (χ0) is 20.2. The number of ether oxygens (including phenoxy) is 2. The van der Waals surface area contributed by atoms with Crippen LogP contribution in [0.4, 0.5) is 9.59 Å². The van der Waals surface area contributed by atoms with Crippen molar-refractivity contribution < 1.29 is 23.9 Å². The van der Waals surface area contributed by atoms with E-state index >= 15 is 0 Å². The van der Waals surface area contributed by atoms with Crippen LogP contribution >= 0.6 is 0 Å². The summed E-state index contributed by atoms with van der Waals surface area (Å²) in [5.74, 6) is 0.228. The fraction of sp³-hybridized carbons (Fsp3) is 0.842. The third-order valence-corrected chi connectivity index (χ3v) is 4.56. The predicted molar refractivity (Wildman–Crippen MR) is 100 cm³/mol. The van der Waals surface area contributed by atoms with Gasteiger partial charge in [-0.3, -0.25) is 9.69 Å². The number of hydrogen-bond donors (Lipinski definition) is 0. The Morgan fingerprint density at radius 1 is 0.963 bits per heavy atom. The van der Waals surface area contributed by atoms with Crippen LogP contribution in [-0.2, 0) is 14.3 Å². The number of carbonyl (C=O) groups excluding carboxylic acids is 3. The Bertz CT molecular complexity index is 550. The number of amides is 3. The number of piperazine rings is 1. The monoisotopic (exact) mass is 383 g/mol. The molecule has 0 spiro atoms. The highest BCUT2D eigenvalue weighted by Gasteiger charge is 2.39. The average molecular weight is 383 g/mol. The van der Waals surface area contributed by atoms with Gasteiger partial charge in [0.25, 0.3) is 0 Å². The normalized spacial score (nSPS) is 20.8. The van der Waals surface area contributed by atoms with Crippen molar-refractivity contribution in [2.24, 2.45) is 5.92 Å². The standard InChI is InChI=1S/C19H33N3O5/c1-14(2)13-26-17(24)21-11-9-20(10-12-21)16(23)15-7-6-8-22(15)18(25)27-19(3,4)5/h14-15H,6-13H2,1-5H3. The summed E-state index contributed by atoms with van der Waals surface area (Å²) < 4.78 is 10.7. The molecule has 0 radical (unpaired) electrons. The molecule has 0 aromatic carbocycles. The Balaban J connectivity index is 1.87. The fourth-order valence-corrected chi connectivity index (χ4v) is 3.21. The van der Waals surface area contributed by atoms with E-state index in [1.807, 2.05) is 34.6 Å². The van der Waals surface area contributed by atoms with Crippen molar-refractivity contribution in [3.63, 3.8) is 0 Å². The van der Waals surface area contributed by atoms with Crippen molar-refractivity contribution >= 4 is 18.1 Å². The van der Waals surface area contributed by atoms with Crippen molar-refractivity contribution in [2.45, 2.75) is 59.1 Å². The van der Waals surface area contributed by atoms with Crippen molar-refractivity contribution in [1.82, 2.24) is 14.7 Å². The maximum absolute atomic E-state index is 12.9. The topological polar surface area (TPSA) is 79.4 Å². The van der Waals surface area contributed by atoms with Crippen LogP contribution in [-0.4, -0.2) is 83.8 Å². The largest absolute Gasteiger partial charge is 0.449 e. The summed E-state index contributed by atoms with van der Waals surface area (Å²) in [5, 5.41) is 0. The Morgan fingerprint density at radius 2 is 1.56 bits per heavy atom. The minimum atomic E-state index is -0.588. The maximum atomic E-state index is 12.9. The first-order valence-corrected chi connectivity index (χ1v) is 9.78. The molecule has 0 bridgehead atoms. The lowest BCUT2D eigenvalue weighted by molar-refractivity contribution is -0.137. The molecule has 154 valence electrons. The van der Waals surface area contributed by atoms with Crippen molar-refractivity contribution in [3.05, 3.63) is 0 Å². The van der Waals surface area contributed by atoms with E-state index in [2.05, 4.69) is 0 Å². The van der Waals surface area contributed by atoms with E-state index in [0.717, 1.165) is 6.42 Å². The van der Waals surface area contributed by atoms with E-state index in [-0.39, 0.29) is 17.9 Å². The van der Waals surface area contributed by atoms with Gasteiger partial charge in [0.05, 0.1) is 6.61 Å². The van der Waals surface area contributed by atoms with Crippen LogP contribution in [0.5, 0.6) is 0 Å².